The van der Waals surface area contributed by atoms with Crippen LogP contribution < -0.4 is 0 Å². The minimum atomic E-state index is 0.423. The number of hydrogen-bond donors (Lipinski definition) is 0. The second kappa shape index (κ2) is 8.96. The van der Waals surface area contributed by atoms with Crippen molar-refractivity contribution in [2.75, 3.05) is 5.75 Å². The van der Waals surface area contributed by atoms with Crippen LogP contribution in [0.3, 0.4) is 0 Å². The van der Waals surface area contributed by atoms with Crippen molar-refractivity contribution in [3.05, 3.63) is 0 Å². The SMILES string of the molecule is CCCCCCCCSSC(C)(C)C. The minimum Gasteiger partial charge on any atom is -0.0936 e. The Morgan fingerprint density at radius 3 is 2.00 bits per heavy atom. The van der Waals surface area contributed by atoms with Gasteiger partial charge in [-0.2, -0.15) is 0 Å². The molecule has 0 nitrogen and oxygen atoms in total. The van der Waals surface area contributed by atoms with Crippen LogP contribution in [-0.2, 0) is 0 Å². The molecule has 0 aromatic rings. The summed E-state index contributed by atoms with van der Waals surface area (Å²) in [5.74, 6) is 1.33. The van der Waals surface area contributed by atoms with Crippen molar-refractivity contribution >= 4 is 21.6 Å². The summed E-state index contributed by atoms with van der Waals surface area (Å²) in [6.07, 6.45) is 8.48. The van der Waals surface area contributed by atoms with Crippen molar-refractivity contribution in [3.8, 4) is 0 Å². The first-order valence-corrected chi connectivity index (χ1v) is 8.19. The summed E-state index contributed by atoms with van der Waals surface area (Å²) in [7, 11) is 4.06. The van der Waals surface area contributed by atoms with Gasteiger partial charge in [-0.1, -0.05) is 81.4 Å². The second-order valence-electron chi connectivity index (χ2n) is 4.79. The summed E-state index contributed by atoms with van der Waals surface area (Å²) in [6.45, 7) is 9.12. The molecule has 0 radical (unpaired) electrons. The quantitative estimate of drug-likeness (QED) is 0.400. The van der Waals surface area contributed by atoms with Crippen molar-refractivity contribution < 1.29 is 0 Å². The molecule has 0 aromatic heterocycles. The summed E-state index contributed by atoms with van der Waals surface area (Å²) < 4.78 is 0.423. The zero-order valence-electron chi connectivity index (χ0n) is 10.3. The second-order valence-corrected chi connectivity index (χ2v) is 8.03. The van der Waals surface area contributed by atoms with Crippen LogP contribution in [0.2, 0.25) is 0 Å². The van der Waals surface area contributed by atoms with E-state index >= 15 is 0 Å². The lowest BCUT2D eigenvalue weighted by Crippen LogP contribution is -2.04. The van der Waals surface area contributed by atoms with E-state index < -0.39 is 0 Å². The van der Waals surface area contributed by atoms with Crippen LogP contribution in [-0.4, -0.2) is 10.5 Å². The van der Waals surface area contributed by atoms with Crippen LogP contribution in [0, 0.1) is 0 Å². The Bertz CT molecular complexity index is 116. The van der Waals surface area contributed by atoms with Crippen LogP contribution in [0.4, 0.5) is 0 Å². The summed E-state index contributed by atoms with van der Waals surface area (Å²) in [5.41, 5.74) is 0. The lowest BCUT2D eigenvalue weighted by molar-refractivity contribution is 0.627. The van der Waals surface area contributed by atoms with E-state index in [1.54, 1.807) is 0 Å². The van der Waals surface area contributed by atoms with Gasteiger partial charge in [0.05, 0.1) is 0 Å². The predicted octanol–water partition coefficient (Wildman–Crippen LogP) is 5.53. The monoisotopic (exact) mass is 234 g/mol. The summed E-state index contributed by atoms with van der Waals surface area (Å²) in [5, 5.41) is 0. The zero-order valence-corrected chi connectivity index (χ0v) is 11.9. The molecule has 0 saturated carbocycles. The van der Waals surface area contributed by atoms with E-state index in [-0.39, 0.29) is 0 Å². The first-order chi connectivity index (χ1) is 6.56. The Kier molecular flexibility index (Phi) is 9.41. The average Bonchev–Trinajstić information content (AvgIpc) is 2.08. The fraction of sp³-hybridized carbons (Fsp3) is 1.00. The van der Waals surface area contributed by atoms with Crippen LogP contribution in [0.25, 0.3) is 0 Å². The van der Waals surface area contributed by atoms with Crippen molar-refractivity contribution in [3.63, 3.8) is 0 Å². The van der Waals surface area contributed by atoms with Gasteiger partial charge in [-0.25, -0.2) is 0 Å². The molecule has 14 heavy (non-hydrogen) atoms. The summed E-state index contributed by atoms with van der Waals surface area (Å²) in [4.78, 5) is 0. The molecule has 0 atom stereocenters. The van der Waals surface area contributed by atoms with Crippen molar-refractivity contribution in [1.82, 2.24) is 0 Å². The molecule has 0 N–H and O–H groups in total. The number of hydrogen-bond acceptors (Lipinski definition) is 2. The van der Waals surface area contributed by atoms with Gasteiger partial charge < -0.3 is 0 Å². The Balaban J connectivity index is 2.99. The molecule has 86 valence electrons. The molecule has 0 aliphatic rings. The Labute approximate surface area is 98.4 Å². The first-order valence-electron chi connectivity index (χ1n) is 5.87. The maximum Gasteiger partial charge on any atom is 0.0179 e. The van der Waals surface area contributed by atoms with Crippen LogP contribution in [0.1, 0.15) is 66.2 Å². The van der Waals surface area contributed by atoms with Gasteiger partial charge in [0.2, 0.25) is 0 Å². The fourth-order valence-corrected chi connectivity index (χ4v) is 3.58. The summed E-state index contributed by atoms with van der Waals surface area (Å²) >= 11 is 0. The highest BCUT2D eigenvalue weighted by Gasteiger charge is 2.09. The molecule has 0 amide bonds. The topological polar surface area (TPSA) is 0 Å². The smallest absolute Gasteiger partial charge is 0.0179 e. The highest BCUT2D eigenvalue weighted by molar-refractivity contribution is 8.77. The molecule has 0 aromatic carbocycles. The highest BCUT2D eigenvalue weighted by Crippen LogP contribution is 2.35. The van der Waals surface area contributed by atoms with Crippen molar-refractivity contribution in [2.24, 2.45) is 0 Å². The molecule has 0 aliphatic heterocycles. The van der Waals surface area contributed by atoms with E-state index in [4.69, 9.17) is 0 Å². The standard InChI is InChI=1S/C12H26S2/c1-5-6-7-8-9-10-11-13-14-12(2,3)4/h5-11H2,1-4H3. The maximum absolute atomic E-state index is 2.28. The Morgan fingerprint density at radius 1 is 0.857 bits per heavy atom. The molecule has 0 spiro atoms. The van der Waals surface area contributed by atoms with Crippen molar-refractivity contribution in [2.45, 2.75) is 71.0 Å². The van der Waals surface area contributed by atoms with Gasteiger partial charge in [0.15, 0.2) is 0 Å². The third-order valence-electron chi connectivity index (χ3n) is 1.89. The van der Waals surface area contributed by atoms with Gasteiger partial charge in [0.1, 0.15) is 0 Å². The molecule has 0 rings (SSSR count). The Morgan fingerprint density at radius 2 is 1.43 bits per heavy atom. The van der Waals surface area contributed by atoms with E-state index in [0.717, 1.165) is 0 Å². The largest absolute Gasteiger partial charge is 0.0936 e. The van der Waals surface area contributed by atoms with Gasteiger partial charge in [0.25, 0.3) is 0 Å². The zero-order chi connectivity index (χ0) is 10.9. The van der Waals surface area contributed by atoms with Gasteiger partial charge >= 0.3 is 0 Å². The highest BCUT2D eigenvalue weighted by atomic mass is 33.1. The van der Waals surface area contributed by atoms with Gasteiger partial charge in [-0.3, -0.25) is 0 Å². The fourth-order valence-electron chi connectivity index (χ4n) is 1.16. The number of unbranched alkanes of at least 4 members (excludes halogenated alkanes) is 5. The molecule has 0 aliphatic carbocycles. The third-order valence-corrected chi connectivity index (χ3v) is 5.32. The lowest BCUT2D eigenvalue weighted by atomic mass is 10.1. The molecule has 2 heteroatoms. The van der Waals surface area contributed by atoms with E-state index in [1.807, 2.05) is 21.6 Å². The first kappa shape index (κ1) is 14.7. The molecule has 0 heterocycles. The van der Waals surface area contributed by atoms with Crippen LogP contribution >= 0.6 is 21.6 Å². The van der Waals surface area contributed by atoms with Crippen LogP contribution in [0.5, 0.6) is 0 Å². The third kappa shape index (κ3) is 12.7. The van der Waals surface area contributed by atoms with E-state index in [0.29, 0.717) is 4.75 Å². The van der Waals surface area contributed by atoms with Gasteiger partial charge in [-0.05, 0) is 6.42 Å². The molecular formula is C12H26S2. The predicted molar refractivity (Wildman–Crippen MR) is 73.2 cm³/mol. The Hall–Kier alpha value is 0.700. The minimum absolute atomic E-state index is 0.423. The molecule has 0 saturated heterocycles. The van der Waals surface area contributed by atoms with Crippen LogP contribution in [0.15, 0.2) is 0 Å². The maximum atomic E-state index is 2.28. The van der Waals surface area contributed by atoms with E-state index in [9.17, 15) is 0 Å². The normalized spacial score (nSPS) is 12.0. The van der Waals surface area contributed by atoms with Gasteiger partial charge in [0, 0.05) is 10.5 Å². The van der Waals surface area contributed by atoms with Gasteiger partial charge in [-0.15, -0.1) is 0 Å². The molecule has 0 bridgehead atoms. The van der Waals surface area contributed by atoms with E-state index in [1.165, 1.54) is 44.3 Å². The average molecular weight is 234 g/mol. The van der Waals surface area contributed by atoms with E-state index in [2.05, 4.69) is 27.7 Å². The number of rotatable bonds is 8. The summed E-state index contributed by atoms with van der Waals surface area (Å²) in [6, 6.07) is 0. The molecular weight excluding hydrogens is 208 g/mol. The molecule has 0 fully saturated rings. The van der Waals surface area contributed by atoms with Crippen molar-refractivity contribution in [1.29, 1.82) is 0 Å². The lowest BCUT2D eigenvalue weighted by Gasteiger charge is -2.15. The molecule has 0 unspecified atom stereocenters.